The van der Waals surface area contributed by atoms with Crippen molar-refractivity contribution < 1.29 is 0 Å². The number of thiophene rings is 1. The zero-order valence-electron chi connectivity index (χ0n) is 11.0. The Balaban J connectivity index is 1.96. The Kier molecular flexibility index (Phi) is 4.90. The maximum Gasteiger partial charge on any atom is 0.0996 e. The van der Waals surface area contributed by atoms with Gasteiger partial charge in [-0.1, -0.05) is 6.92 Å². The van der Waals surface area contributed by atoms with E-state index in [1.54, 1.807) is 16.1 Å². The first-order valence-electron chi connectivity index (χ1n) is 6.40. The lowest BCUT2D eigenvalue weighted by Gasteiger charge is -2.15. The van der Waals surface area contributed by atoms with E-state index < -0.39 is 0 Å². The van der Waals surface area contributed by atoms with E-state index >= 15 is 0 Å². The van der Waals surface area contributed by atoms with Gasteiger partial charge in [0.1, 0.15) is 0 Å². The summed E-state index contributed by atoms with van der Waals surface area (Å²) >= 11 is 1.76. The Morgan fingerprint density at radius 1 is 1.50 bits per heavy atom. The molecule has 98 valence electrons. The van der Waals surface area contributed by atoms with E-state index in [1.807, 2.05) is 13.2 Å². The molecule has 0 bridgehead atoms. The molecule has 18 heavy (non-hydrogen) atoms. The van der Waals surface area contributed by atoms with Crippen LogP contribution in [-0.2, 0) is 13.5 Å². The SMILES string of the molecule is CCCNC(CCc1ccsc1)c1cnn(C)n1. The van der Waals surface area contributed by atoms with E-state index in [4.69, 9.17) is 0 Å². The van der Waals surface area contributed by atoms with Gasteiger partial charge in [-0.3, -0.25) is 0 Å². The number of rotatable bonds is 7. The van der Waals surface area contributed by atoms with Crippen LogP contribution < -0.4 is 5.32 Å². The van der Waals surface area contributed by atoms with Crippen LogP contribution in [0.25, 0.3) is 0 Å². The van der Waals surface area contributed by atoms with E-state index in [-0.39, 0.29) is 0 Å². The second-order valence-electron chi connectivity index (χ2n) is 4.44. The average Bonchev–Trinajstić information content (AvgIpc) is 3.01. The van der Waals surface area contributed by atoms with Gasteiger partial charge in [0.25, 0.3) is 0 Å². The highest BCUT2D eigenvalue weighted by molar-refractivity contribution is 7.07. The van der Waals surface area contributed by atoms with Gasteiger partial charge in [-0.2, -0.15) is 26.3 Å². The van der Waals surface area contributed by atoms with E-state index in [0.717, 1.165) is 31.5 Å². The molecule has 1 N–H and O–H groups in total. The van der Waals surface area contributed by atoms with Crippen LogP contribution in [0, 0.1) is 0 Å². The summed E-state index contributed by atoms with van der Waals surface area (Å²) in [5.41, 5.74) is 2.45. The maximum absolute atomic E-state index is 4.41. The van der Waals surface area contributed by atoms with Gasteiger partial charge in [0, 0.05) is 7.05 Å². The van der Waals surface area contributed by atoms with Crippen LogP contribution in [0.3, 0.4) is 0 Å². The lowest BCUT2D eigenvalue weighted by Crippen LogP contribution is -2.23. The van der Waals surface area contributed by atoms with Crippen molar-refractivity contribution in [2.45, 2.75) is 32.2 Å². The molecule has 1 unspecified atom stereocenters. The largest absolute Gasteiger partial charge is 0.309 e. The van der Waals surface area contributed by atoms with Crippen molar-refractivity contribution in [2.75, 3.05) is 6.54 Å². The fourth-order valence-corrected chi connectivity index (χ4v) is 2.64. The minimum absolute atomic E-state index is 0.304. The highest BCUT2D eigenvalue weighted by Crippen LogP contribution is 2.18. The first-order chi connectivity index (χ1) is 8.79. The summed E-state index contributed by atoms with van der Waals surface area (Å²) < 4.78 is 0. The molecule has 2 aromatic heterocycles. The topological polar surface area (TPSA) is 42.7 Å². The predicted octanol–water partition coefficient (Wildman–Crippen LogP) is 2.55. The molecule has 0 amide bonds. The van der Waals surface area contributed by atoms with E-state index in [1.165, 1.54) is 5.56 Å². The van der Waals surface area contributed by atoms with Gasteiger partial charge in [0.2, 0.25) is 0 Å². The summed E-state index contributed by atoms with van der Waals surface area (Å²) in [6, 6.07) is 2.50. The molecule has 2 heterocycles. The van der Waals surface area contributed by atoms with Crippen LogP contribution in [-0.4, -0.2) is 21.5 Å². The second kappa shape index (κ2) is 6.66. The lowest BCUT2D eigenvalue weighted by molar-refractivity contribution is 0.482. The number of hydrogen-bond donors (Lipinski definition) is 1. The first kappa shape index (κ1) is 13.2. The minimum atomic E-state index is 0.304. The summed E-state index contributed by atoms with van der Waals surface area (Å²) in [6.07, 6.45) is 5.15. The highest BCUT2D eigenvalue weighted by Gasteiger charge is 2.14. The van der Waals surface area contributed by atoms with Gasteiger partial charge in [0.15, 0.2) is 0 Å². The molecule has 0 fully saturated rings. The Labute approximate surface area is 112 Å². The fourth-order valence-electron chi connectivity index (χ4n) is 1.94. The van der Waals surface area contributed by atoms with E-state index in [0.29, 0.717) is 6.04 Å². The van der Waals surface area contributed by atoms with Crippen LogP contribution in [0.1, 0.15) is 37.1 Å². The van der Waals surface area contributed by atoms with Crippen LogP contribution in [0.2, 0.25) is 0 Å². The van der Waals surface area contributed by atoms with Crippen molar-refractivity contribution >= 4 is 11.3 Å². The fraction of sp³-hybridized carbons (Fsp3) is 0.538. The average molecular weight is 264 g/mol. The summed E-state index contributed by atoms with van der Waals surface area (Å²) in [7, 11) is 1.86. The summed E-state index contributed by atoms with van der Waals surface area (Å²) in [5.74, 6) is 0. The van der Waals surface area contributed by atoms with Crippen molar-refractivity contribution in [1.29, 1.82) is 0 Å². The molecular formula is C13H20N4S. The molecular weight excluding hydrogens is 244 g/mol. The molecule has 0 aromatic carbocycles. The van der Waals surface area contributed by atoms with E-state index in [9.17, 15) is 0 Å². The third-order valence-electron chi connectivity index (χ3n) is 2.92. The molecule has 2 aromatic rings. The summed E-state index contributed by atoms with van der Waals surface area (Å²) in [5, 5.41) is 16.5. The molecule has 0 spiro atoms. The molecule has 0 saturated carbocycles. The Bertz CT molecular complexity index is 449. The summed E-state index contributed by atoms with van der Waals surface area (Å²) in [6.45, 7) is 3.20. The molecule has 0 saturated heterocycles. The van der Waals surface area contributed by atoms with Gasteiger partial charge < -0.3 is 5.32 Å². The first-order valence-corrected chi connectivity index (χ1v) is 7.34. The van der Waals surface area contributed by atoms with Gasteiger partial charge in [-0.25, -0.2) is 0 Å². The lowest BCUT2D eigenvalue weighted by atomic mass is 10.1. The van der Waals surface area contributed by atoms with Crippen LogP contribution in [0.15, 0.2) is 23.0 Å². The molecule has 1 atom stereocenters. The monoisotopic (exact) mass is 264 g/mol. The van der Waals surface area contributed by atoms with Crippen LogP contribution in [0.4, 0.5) is 0 Å². The number of hydrogen-bond acceptors (Lipinski definition) is 4. The predicted molar refractivity (Wildman–Crippen MR) is 74.7 cm³/mol. The number of nitrogens with zero attached hydrogens (tertiary/aromatic N) is 3. The van der Waals surface area contributed by atoms with Gasteiger partial charge in [0.05, 0.1) is 17.9 Å². The zero-order valence-corrected chi connectivity index (χ0v) is 11.8. The molecule has 0 radical (unpaired) electrons. The van der Waals surface area contributed by atoms with Crippen molar-refractivity contribution in [1.82, 2.24) is 20.3 Å². The normalized spacial score (nSPS) is 12.8. The van der Waals surface area contributed by atoms with Crippen molar-refractivity contribution in [2.24, 2.45) is 7.05 Å². The maximum atomic E-state index is 4.41. The Morgan fingerprint density at radius 2 is 2.39 bits per heavy atom. The highest BCUT2D eigenvalue weighted by atomic mass is 32.1. The quantitative estimate of drug-likeness (QED) is 0.835. The van der Waals surface area contributed by atoms with Crippen LogP contribution >= 0.6 is 11.3 Å². The third-order valence-corrected chi connectivity index (χ3v) is 3.65. The van der Waals surface area contributed by atoms with Gasteiger partial charge >= 0.3 is 0 Å². The zero-order chi connectivity index (χ0) is 12.8. The molecule has 0 aliphatic rings. The van der Waals surface area contributed by atoms with Crippen molar-refractivity contribution in [3.05, 3.63) is 34.3 Å². The molecule has 2 rings (SSSR count). The smallest absolute Gasteiger partial charge is 0.0996 e. The number of aryl methyl sites for hydroxylation is 2. The Hall–Kier alpha value is -1.20. The number of aromatic nitrogens is 3. The van der Waals surface area contributed by atoms with Gasteiger partial charge in [-0.15, -0.1) is 0 Å². The summed E-state index contributed by atoms with van der Waals surface area (Å²) in [4.78, 5) is 1.63. The Morgan fingerprint density at radius 3 is 3.00 bits per heavy atom. The second-order valence-corrected chi connectivity index (χ2v) is 5.22. The molecule has 4 nitrogen and oxygen atoms in total. The van der Waals surface area contributed by atoms with Crippen molar-refractivity contribution in [3.8, 4) is 0 Å². The van der Waals surface area contributed by atoms with Crippen LogP contribution in [0.5, 0.6) is 0 Å². The standard InChI is InChI=1S/C13H20N4S/c1-3-7-14-12(13-9-15-17(2)16-13)5-4-11-6-8-18-10-11/h6,8-10,12,14H,3-5,7H2,1-2H3. The number of nitrogens with one attached hydrogen (secondary N) is 1. The molecule has 0 aliphatic carbocycles. The minimum Gasteiger partial charge on any atom is -0.309 e. The van der Waals surface area contributed by atoms with E-state index in [2.05, 4.69) is 39.3 Å². The third kappa shape index (κ3) is 3.65. The van der Waals surface area contributed by atoms with Gasteiger partial charge in [-0.05, 0) is 48.2 Å². The molecule has 0 aliphatic heterocycles. The van der Waals surface area contributed by atoms with Crippen molar-refractivity contribution in [3.63, 3.8) is 0 Å². The molecule has 5 heteroatoms.